The summed E-state index contributed by atoms with van der Waals surface area (Å²) in [4.78, 5) is 25.1. The van der Waals surface area contributed by atoms with E-state index in [9.17, 15) is 20.1 Å². The summed E-state index contributed by atoms with van der Waals surface area (Å²) in [5, 5.41) is 18.8. The summed E-state index contributed by atoms with van der Waals surface area (Å²) in [5.41, 5.74) is -0.00898. The van der Waals surface area contributed by atoms with Gasteiger partial charge in [-0.05, 0) is 48.5 Å². The van der Waals surface area contributed by atoms with Crippen LogP contribution in [0, 0.1) is 56.7 Å². The Labute approximate surface area is 143 Å². The molecule has 0 N–H and O–H groups in total. The summed E-state index contributed by atoms with van der Waals surface area (Å²) in [6, 6.07) is 4.33. The molecule has 2 saturated carbocycles. The molecule has 2 fully saturated rings. The van der Waals surface area contributed by atoms with Crippen molar-refractivity contribution in [3.63, 3.8) is 0 Å². The number of carbonyl (C=O) groups is 2. The third-order valence-corrected chi connectivity index (χ3v) is 7.07. The molecule has 24 heavy (non-hydrogen) atoms. The summed E-state index contributed by atoms with van der Waals surface area (Å²) in [5.74, 6) is -1.13. The minimum absolute atomic E-state index is 0.0358. The van der Waals surface area contributed by atoms with Gasteiger partial charge in [-0.2, -0.15) is 10.5 Å². The number of hydrogen-bond acceptors (Lipinski definition) is 4. The Hall–Kier alpha value is -1.94. The summed E-state index contributed by atoms with van der Waals surface area (Å²) in [6.07, 6.45) is 4.51. The highest BCUT2D eigenvalue weighted by Gasteiger charge is 2.61. The van der Waals surface area contributed by atoms with Crippen molar-refractivity contribution in [2.45, 2.75) is 53.4 Å². The lowest BCUT2D eigenvalue weighted by Crippen LogP contribution is -2.57. The van der Waals surface area contributed by atoms with Gasteiger partial charge >= 0.3 is 0 Å². The molecule has 126 valence electrons. The molecule has 5 atom stereocenters. The molecule has 0 aromatic rings. The van der Waals surface area contributed by atoms with Crippen molar-refractivity contribution in [2.75, 3.05) is 0 Å². The number of carbonyl (C=O) groups excluding carboxylic acids is 2. The Balaban J connectivity index is 2.15. The van der Waals surface area contributed by atoms with Crippen LogP contribution in [0.25, 0.3) is 0 Å². The van der Waals surface area contributed by atoms with Crippen LogP contribution < -0.4 is 0 Å². The van der Waals surface area contributed by atoms with Gasteiger partial charge in [-0.1, -0.05) is 33.3 Å². The van der Waals surface area contributed by atoms with Crippen molar-refractivity contribution in [1.29, 1.82) is 10.5 Å². The quantitative estimate of drug-likeness (QED) is 0.682. The fraction of sp³-hybridized carbons (Fsp3) is 0.700. The zero-order chi connectivity index (χ0) is 17.9. The van der Waals surface area contributed by atoms with Crippen molar-refractivity contribution in [1.82, 2.24) is 0 Å². The summed E-state index contributed by atoms with van der Waals surface area (Å²) in [7, 11) is 0. The van der Waals surface area contributed by atoms with E-state index in [0.717, 1.165) is 18.4 Å². The van der Waals surface area contributed by atoms with Gasteiger partial charge in [-0.25, -0.2) is 0 Å². The monoisotopic (exact) mass is 324 g/mol. The van der Waals surface area contributed by atoms with Gasteiger partial charge in [0.15, 0.2) is 11.6 Å². The highest BCUT2D eigenvalue weighted by atomic mass is 16.1. The summed E-state index contributed by atoms with van der Waals surface area (Å²) in [6.45, 7) is 8.17. The molecule has 4 heteroatoms. The number of nitriles is 2. The maximum absolute atomic E-state index is 12.7. The van der Waals surface area contributed by atoms with Crippen molar-refractivity contribution >= 4 is 11.6 Å². The van der Waals surface area contributed by atoms with Gasteiger partial charge in [-0.3, -0.25) is 9.59 Å². The van der Waals surface area contributed by atoms with Gasteiger partial charge in [0, 0.05) is 5.41 Å². The van der Waals surface area contributed by atoms with E-state index < -0.39 is 17.3 Å². The third kappa shape index (κ3) is 2.02. The lowest BCUT2D eigenvalue weighted by molar-refractivity contribution is -0.146. The van der Waals surface area contributed by atoms with Crippen LogP contribution in [0.5, 0.6) is 0 Å². The minimum Gasteiger partial charge on any atom is -0.298 e. The van der Waals surface area contributed by atoms with E-state index in [1.807, 2.05) is 13.8 Å². The van der Waals surface area contributed by atoms with Crippen molar-refractivity contribution in [3.8, 4) is 12.1 Å². The number of allylic oxidation sites excluding steroid dienone is 2. The molecule has 0 aromatic heterocycles. The van der Waals surface area contributed by atoms with Gasteiger partial charge in [-0.15, -0.1) is 0 Å². The molecule has 0 bridgehead atoms. The van der Waals surface area contributed by atoms with E-state index in [1.54, 1.807) is 6.08 Å². The van der Waals surface area contributed by atoms with E-state index in [0.29, 0.717) is 12.8 Å². The predicted molar refractivity (Wildman–Crippen MR) is 88.3 cm³/mol. The Morgan fingerprint density at radius 3 is 2.25 bits per heavy atom. The third-order valence-electron chi connectivity index (χ3n) is 7.07. The summed E-state index contributed by atoms with van der Waals surface area (Å²) < 4.78 is 0. The molecule has 0 saturated heterocycles. The van der Waals surface area contributed by atoms with Crippen LogP contribution in [0.3, 0.4) is 0 Å². The smallest absolute Gasteiger partial charge is 0.172 e. The number of rotatable bonds is 0. The molecule has 4 nitrogen and oxygen atoms in total. The zero-order valence-corrected chi connectivity index (χ0v) is 14.8. The summed E-state index contributed by atoms with van der Waals surface area (Å²) >= 11 is 0. The molecule has 0 amide bonds. The van der Waals surface area contributed by atoms with E-state index in [1.165, 1.54) is 0 Å². The molecule has 3 aliphatic rings. The average molecular weight is 324 g/mol. The standard InChI is InChI=1S/C20H24N2O2/c1-18(2)15-5-6-19(3)8-12(10-21)14(23)7-16(19)20(15,4)9-13(11-22)17(18)24/h7,12-13,15H,5-6,8-9H2,1-4H3/t12?,13?,15-,19?,20-/m0/s1. The van der Waals surface area contributed by atoms with Gasteiger partial charge in [0.1, 0.15) is 11.8 Å². The van der Waals surface area contributed by atoms with Crippen LogP contribution in [0.15, 0.2) is 11.6 Å². The number of nitrogens with zero attached hydrogens (tertiary/aromatic N) is 2. The van der Waals surface area contributed by atoms with E-state index in [4.69, 9.17) is 0 Å². The molecule has 0 radical (unpaired) electrons. The number of ketones is 2. The maximum atomic E-state index is 12.7. The number of hydrogen-bond donors (Lipinski definition) is 0. The topological polar surface area (TPSA) is 81.7 Å². The van der Waals surface area contributed by atoms with Crippen LogP contribution >= 0.6 is 0 Å². The lowest BCUT2D eigenvalue weighted by Gasteiger charge is -2.60. The first kappa shape index (κ1) is 16.9. The van der Waals surface area contributed by atoms with E-state index in [-0.39, 0.29) is 28.3 Å². The van der Waals surface area contributed by atoms with E-state index in [2.05, 4.69) is 26.0 Å². The second kappa shape index (κ2) is 5.03. The number of Topliss-reactive ketones (excluding diaryl/α,β-unsaturated/α-hetero) is 1. The largest absolute Gasteiger partial charge is 0.298 e. The molecule has 0 aromatic carbocycles. The first-order chi connectivity index (χ1) is 11.1. The number of fused-ring (bicyclic) bond motifs is 3. The predicted octanol–water partition coefficient (Wildman–Crippen LogP) is 3.59. The Morgan fingerprint density at radius 2 is 1.67 bits per heavy atom. The maximum Gasteiger partial charge on any atom is 0.172 e. The van der Waals surface area contributed by atoms with Crippen LogP contribution in [-0.2, 0) is 9.59 Å². The first-order valence-corrected chi connectivity index (χ1v) is 8.70. The second-order valence-corrected chi connectivity index (χ2v) is 8.89. The van der Waals surface area contributed by atoms with Gasteiger partial charge in [0.2, 0.25) is 0 Å². The van der Waals surface area contributed by atoms with Crippen molar-refractivity contribution in [2.24, 2.45) is 34.0 Å². The lowest BCUT2D eigenvalue weighted by atomic mass is 9.42. The minimum atomic E-state index is -0.617. The SMILES string of the molecule is CC12CC[C@H]3C(C)(C)C(=O)C(C#N)C[C@]3(C)C1=CC(=O)C(C#N)C2. The fourth-order valence-corrected chi connectivity index (χ4v) is 5.90. The highest BCUT2D eigenvalue weighted by Crippen LogP contribution is 2.66. The first-order valence-electron chi connectivity index (χ1n) is 8.70. The Kier molecular flexibility index (Phi) is 3.54. The molecule has 3 rings (SSSR count). The molecule has 3 unspecified atom stereocenters. The normalized spacial score (nSPS) is 43.8. The Morgan fingerprint density at radius 1 is 1.04 bits per heavy atom. The molecular formula is C20H24N2O2. The average Bonchev–Trinajstić information content (AvgIpc) is 2.52. The van der Waals surface area contributed by atoms with Crippen LogP contribution in [0.1, 0.15) is 53.4 Å². The molecule has 3 aliphatic carbocycles. The van der Waals surface area contributed by atoms with Crippen molar-refractivity contribution < 1.29 is 9.59 Å². The molecule has 0 aliphatic heterocycles. The van der Waals surface area contributed by atoms with E-state index >= 15 is 0 Å². The second-order valence-electron chi connectivity index (χ2n) is 8.89. The van der Waals surface area contributed by atoms with Gasteiger partial charge in [0.25, 0.3) is 0 Å². The van der Waals surface area contributed by atoms with Gasteiger partial charge in [0.05, 0.1) is 12.1 Å². The zero-order valence-electron chi connectivity index (χ0n) is 14.8. The van der Waals surface area contributed by atoms with Crippen LogP contribution in [-0.4, -0.2) is 11.6 Å². The van der Waals surface area contributed by atoms with Gasteiger partial charge < -0.3 is 0 Å². The van der Waals surface area contributed by atoms with Crippen LogP contribution in [0.4, 0.5) is 0 Å². The van der Waals surface area contributed by atoms with Crippen LogP contribution in [0.2, 0.25) is 0 Å². The fourth-order valence-electron chi connectivity index (χ4n) is 5.90. The van der Waals surface area contributed by atoms with Crippen molar-refractivity contribution in [3.05, 3.63) is 11.6 Å². The molecular weight excluding hydrogens is 300 g/mol. The molecule has 0 spiro atoms. The Bertz CT molecular complexity index is 736. The highest BCUT2D eigenvalue weighted by molar-refractivity contribution is 5.96. The molecule has 0 heterocycles.